The number of ketones is 1. The quantitative estimate of drug-likeness (QED) is 0.0366. The summed E-state index contributed by atoms with van der Waals surface area (Å²) in [5.41, 5.74) is -29.6. The molecule has 0 aliphatic heterocycles. The largest absolute Gasteiger partial charge is 0.478 e. The highest BCUT2D eigenvalue weighted by Gasteiger charge is 2.47. The number of aromatic nitrogens is 2. The topological polar surface area (TPSA) is 97.4 Å². The number of carbonyl (C=O) groups is 3. The van der Waals surface area contributed by atoms with Gasteiger partial charge >= 0.3 is 67.0 Å². The lowest BCUT2D eigenvalue weighted by Crippen LogP contribution is -2.75. The molecule has 84 heavy (non-hydrogen) atoms. The van der Waals surface area contributed by atoms with Crippen LogP contribution in [0.4, 0.5) is 105 Å². The molecule has 0 saturated heterocycles. The van der Waals surface area contributed by atoms with Crippen molar-refractivity contribution in [3.05, 3.63) is 207 Å². The Hall–Kier alpha value is -8.61. The highest BCUT2D eigenvalue weighted by Crippen LogP contribution is 2.41. The highest BCUT2D eigenvalue weighted by molar-refractivity contribution is 7.20. The normalized spacial score (nSPS) is 13.0. The van der Waals surface area contributed by atoms with E-state index < -0.39 is 207 Å². The van der Waals surface area contributed by atoms with Crippen molar-refractivity contribution in [1.82, 2.24) is 4.98 Å². The number of carboxylic acids is 1. The summed E-state index contributed by atoms with van der Waals surface area (Å²) in [5.74, 6) is -1.96. The van der Waals surface area contributed by atoms with Crippen LogP contribution in [-0.2, 0) is 56.0 Å². The molecule has 32 heteroatoms. The van der Waals surface area contributed by atoms with Crippen molar-refractivity contribution in [2.45, 2.75) is 56.0 Å². The molecule has 0 spiro atoms. The van der Waals surface area contributed by atoms with Crippen molar-refractivity contribution >= 4 is 45.7 Å². The molecular weight excluding hydrogens is 1200 g/mol. The second-order valence-electron chi connectivity index (χ2n) is 17.8. The first-order valence-corrected chi connectivity index (χ1v) is 22.6. The van der Waals surface area contributed by atoms with E-state index in [2.05, 4.69) is 4.98 Å². The molecule has 0 aliphatic rings. The average molecular weight is 1230 g/mol. The Kier molecular flexibility index (Phi) is 17.6. The number of alkyl halides is 24. The van der Waals surface area contributed by atoms with Crippen LogP contribution in [0.3, 0.4) is 0 Å². The average Bonchev–Trinajstić information content (AvgIpc) is 0.781. The lowest BCUT2D eigenvalue weighted by Gasteiger charge is -2.46. The van der Waals surface area contributed by atoms with Crippen molar-refractivity contribution < 1.29 is 134 Å². The highest BCUT2D eigenvalue weighted by atomic mass is 19.4. The smallest absolute Gasteiger partial charge is 0.416 e. The Morgan fingerprint density at radius 3 is 1.02 bits per heavy atom. The molecule has 0 radical (unpaired) electrons. The first-order chi connectivity index (χ1) is 38.3. The molecule has 0 amide bonds. The fourth-order valence-electron chi connectivity index (χ4n) is 8.49. The lowest BCUT2D eigenvalue weighted by molar-refractivity contribution is -0.686. The van der Waals surface area contributed by atoms with E-state index in [0.717, 1.165) is 0 Å². The summed E-state index contributed by atoms with van der Waals surface area (Å²) in [5, 5.41) is 9.02. The molecule has 1 N–H and O–H groups in total. The summed E-state index contributed by atoms with van der Waals surface area (Å²) in [4.78, 5) is 39.8. The second-order valence-corrected chi connectivity index (χ2v) is 17.8. The molecule has 0 atom stereocenters. The number of carbonyl (C=O) groups excluding carboxylic acids is 2. The maximum atomic E-state index is 14.2. The minimum Gasteiger partial charge on any atom is -0.478 e. The van der Waals surface area contributed by atoms with E-state index in [-0.39, 0.29) is 29.3 Å². The minimum atomic E-state index is -6.13. The van der Waals surface area contributed by atoms with Gasteiger partial charge in [0, 0.05) is 5.56 Å². The SMILES string of the molecule is FC(F)(F)c1cc([B-](c2cc(C(F)(F)F)cc(C(F)(F)F)c2)(c2cc(C(F)(F)F)cc(C(F)(F)F)c2)c2cc(C(F)(F)F)cc(C(F)(F)F)c2)cc(C(F)(F)F)c1.O=C(O)c1cccc(OC(=O)c2cncc[n+]2CC(=O)c2ccccc2)c1. The van der Waals surface area contributed by atoms with Gasteiger partial charge in [0.2, 0.25) is 12.3 Å². The predicted molar refractivity (Wildman–Crippen MR) is 244 cm³/mol. The van der Waals surface area contributed by atoms with Crippen molar-refractivity contribution in [1.29, 1.82) is 0 Å². The number of ether oxygens (including phenoxy) is 1. The minimum absolute atomic E-state index is 0.00128. The summed E-state index contributed by atoms with van der Waals surface area (Å²) < 4.78 is 348. The van der Waals surface area contributed by atoms with Crippen molar-refractivity contribution in [3.63, 3.8) is 0 Å². The van der Waals surface area contributed by atoms with Gasteiger partial charge in [0.1, 0.15) is 18.1 Å². The summed E-state index contributed by atoms with van der Waals surface area (Å²) >= 11 is 0. The Bertz CT molecular complexity index is 3160. The van der Waals surface area contributed by atoms with Gasteiger partial charge < -0.3 is 9.84 Å². The molecule has 0 unspecified atom stereocenters. The molecule has 0 fully saturated rings. The number of rotatable bonds is 10. The van der Waals surface area contributed by atoms with Crippen LogP contribution in [0.15, 0.2) is 146 Å². The maximum absolute atomic E-state index is 14.2. The van der Waals surface area contributed by atoms with Crippen molar-refractivity contribution in [2.24, 2.45) is 0 Å². The van der Waals surface area contributed by atoms with Crippen LogP contribution in [0, 0.1) is 0 Å². The third-order valence-electron chi connectivity index (χ3n) is 12.2. The Balaban J connectivity index is 0.000000347. The fourth-order valence-corrected chi connectivity index (χ4v) is 8.49. The van der Waals surface area contributed by atoms with E-state index in [1.807, 2.05) is 6.07 Å². The number of nitrogens with zero attached hydrogens (tertiary/aromatic N) is 2. The molecule has 1 heterocycles. The summed E-state index contributed by atoms with van der Waals surface area (Å²) in [7, 11) is 0. The van der Waals surface area contributed by atoms with Gasteiger partial charge in [0.05, 0.1) is 56.3 Å². The fraction of sp³-hybridized carbons (Fsp3) is 0.173. The van der Waals surface area contributed by atoms with E-state index in [1.165, 1.54) is 47.4 Å². The number of hydrogen-bond acceptors (Lipinski definition) is 5. The predicted octanol–water partition coefficient (Wildman–Crippen LogP) is 13.4. The van der Waals surface area contributed by atoms with Crippen molar-refractivity contribution in [3.8, 4) is 5.75 Å². The molecule has 7 rings (SSSR count). The Morgan fingerprint density at radius 2 is 0.726 bits per heavy atom. The van der Waals surface area contributed by atoms with E-state index in [0.29, 0.717) is 5.56 Å². The van der Waals surface area contributed by atoms with Gasteiger partial charge in [-0.1, -0.05) is 84.9 Å². The summed E-state index contributed by atoms with van der Waals surface area (Å²) in [6.07, 6.45) is -50.5. The molecule has 1 aromatic heterocycles. The third kappa shape index (κ3) is 15.0. The molecular formula is C52H27BF24N2O5. The molecule has 446 valence electrons. The lowest BCUT2D eigenvalue weighted by atomic mass is 9.12. The second kappa shape index (κ2) is 22.9. The number of halogens is 24. The maximum Gasteiger partial charge on any atom is 0.416 e. The van der Waals surface area contributed by atoms with Gasteiger partial charge in [-0.25, -0.2) is 9.59 Å². The zero-order chi connectivity index (χ0) is 63.1. The van der Waals surface area contributed by atoms with Crippen molar-refractivity contribution in [2.75, 3.05) is 0 Å². The summed E-state index contributed by atoms with van der Waals surface area (Å²) in [6, 6.07) is 5.49. The van der Waals surface area contributed by atoms with Gasteiger partial charge in [-0.3, -0.25) is 9.78 Å². The van der Waals surface area contributed by atoms with E-state index in [9.17, 15) is 120 Å². The zero-order valence-electron chi connectivity index (χ0n) is 40.7. The number of carboxylic acid groups (broad SMARTS) is 1. The first kappa shape index (κ1) is 64.6. The molecule has 7 aromatic rings. The third-order valence-corrected chi connectivity index (χ3v) is 12.2. The Labute approximate surface area is 453 Å². The molecule has 0 aliphatic carbocycles. The van der Waals surface area contributed by atoms with Gasteiger partial charge in [-0.15, -0.1) is 0 Å². The molecule has 7 nitrogen and oxygen atoms in total. The van der Waals surface area contributed by atoms with Crippen LogP contribution in [-0.4, -0.2) is 34.0 Å². The van der Waals surface area contributed by atoms with E-state index in [1.54, 1.807) is 24.3 Å². The molecule has 0 bridgehead atoms. The molecule has 6 aromatic carbocycles. The van der Waals surface area contributed by atoms with Crippen LogP contribution in [0.5, 0.6) is 5.75 Å². The van der Waals surface area contributed by atoms with E-state index in [4.69, 9.17) is 9.84 Å². The monoisotopic (exact) mass is 1230 g/mol. The van der Waals surface area contributed by atoms with Crippen LogP contribution < -0.4 is 31.2 Å². The van der Waals surface area contributed by atoms with Gasteiger partial charge in [-0.05, 0) is 42.5 Å². The number of aromatic carboxylic acids is 1. The number of hydrogen-bond donors (Lipinski definition) is 1. The Morgan fingerprint density at radius 1 is 0.417 bits per heavy atom. The van der Waals surface area contributed by atoms with Crippen LogP contribution in [0.1, 0.15) is 75.7 Å². The van der Waals surface area contributed by atoms with Crippen LogP contribution >= 0.6 is 0 Å². The summed E-state index contributed by atoms with van der Waals surface area (Å²) in [6.45, 7) is -0.0634. The first-order valence-electron chi connectivity index (χ1n) is 22.6. The van der Waals surface area contributed by atoms with Crippen LogP contribution in [0.25, 0.3) is 0 Å². The standard InChI is InChI=1S/C32H12BF24.C20H14N2O5/c34-25(35,36)13-1-14(26(37,38)39)6-21(5-13)33(22-7-15(27(40,41)42)2-16(8-22)28(43,44)45,23-9-17(29(46,47)48)3-18(10-23)30(49,50)51)24-11-19(31(52,53)54)4-20(12-24)32(55,56)57;23-18(14-5-2-1-3-6-14)13-22-10-9-21-12-17(22)20(26)27-16-8-4-7-15(11-16)19(24)25/h1-12H;1-12H,13H2/q-1;/p+1. The number of benzene rings is 6. The number of esters is 1. The van der Waals surface area contributed by atoms with Gasteiger partial charge in [0.25, 0.3) is 0 Å². The van der Waals surface area contributed by atoms with Gasteiger partial charge in [0.15, 0.2) is 6.20 Å². The number of Topliss-reactive ketones (excluding diaryl/α,β-unsaturated/α-hetero) is 1. The van der Waals surface area contributed by atoms with Gasteiger partial charge in [-0.2, -0.15) is 132 Å². The molecule has 0 saturated carbocycles. The van der Waals surface area contributed by atoms with Crippen LogP contribution in [0.2, 0.25) is 0 Å². The van der Waals surface area contributed by atoms with E-state index >= 15 is 0 Å². The zero-order valence-corrected chi connectivity index (χ0v) is 40.7.